The predicted molar refractivity (Wildman–Crippen MR) is 73.9 cm³/mol. The Morgan fingerprint density at radius 1 is 1.53 bits per heavy atom. The van der Waals surface area contributed by atoms with Gasteiger partial charge in [0.05, 0.1) is 12.2 Å². The Balaban J connectivity index is 1.77. The average molecular weight is 327 g/mol. The smallest absolute Gasteiger partial charge is 0.303 e. The molecule has 4 heteroatoms. The van der Waals surface area contributed by atoms with E-state index in [9.17, 15) is 4.79 Å². The first-order chi connectivity index (χ1) is 9.07. The Morgan fingerprint density at radius 3 is 3.00 bits per heavy atom. The van der Waals surface area contributed by atoms with E-state index in [0.29, 0.717) is 40.7 Å². The van der Waals surface area contributed by atoms with Gasteiger partial charge in [-0.2, -0.15) is 0 Å². The highest BCUT2D eigenvalue weighted by molar-refractivity contribution is 9.09. The first-order valence-electron chi connectivity index (χ1n) is 7.20. The quantitative estimate of drug-likeness (QED) is 0.444. The van der Waals surface area contributed by atoms with Crippen molar-refractivity contribution >= 4 is 21.9 Å². The fraction of sp³-hybridized carbons (Fsp3) is 0.800. The van der Waals surface area contributed by atoms with Crippen LogP contribution in [0, 0.1) is 23.7 Å². The number of ether oxygens (including phenoxy) is 2. The first kappa shape index (κ1) is 12.4. The fourth-order valence-corrected chi connectivity index (χ4v) is 6.52. The zero-order chi connectivity index (χ0) is 13.4. The molecule has 0 aromatic rings. The molecule has 1 aliphatic heterocycles. The van der Waals surface area contributed by atoms with Gasteiger partial charge in [-0.1, -0.05) is 22.5 Å². The van der Waals surface area contributed by atoms with Crippen molar-refractivity contribution in [1.82, 2.24) is 0 Å². The summed E-state index contributed by atoms with van der Waals surface area (Å²) in [5, 5.41) is 0. The van der Waals surface area contributed by atoms with Gasteiger partial charge in [0.25, 0.3) is 0 Å². The van der Waals surface area contributed by atoms with Crippen LogP contribution in [0.15, 0.2) is 12.7 Å². The third-order valence-electron chi connectivity index (χ3n) is 5.88. The molecule has 0 unspecified atom stereocenters. The third-order valence-corrected chi connectivity index (χ3v) is 7.08. The number of fused-ring (bicyclic) bond motifs is 2. The van der Waals surface area contributed by atoms with Crippen LogP contribution in [0.1, 0.15) is 26.2 Å². The number of halogens is 1. The minimum absolute atomic E-state index is 0.192. The lowest BCUT2D eigenvalue weighted by atomic mass is 9.63. The lowest BCUT2D eigenvalue weighted by Crippen LogP contribution is -2.53. The molecule has 0 aromatic carbocycles. The van der Waals surface area contributed by atoms with Gasteiger partial charge in [-0.05, 0) is 43.1 Å². The van der Waals surface area contributed by atoms with E-state index in [1.165, 1.54) is 13.3 Å². The molecule has 0 amide bonds. The second-order valence-corrected chi connectivity index (χ2v) is 7.60. The van der Waals surface area contributed by atoms with Gasteiger partial charge in [0.15, 0.2) is 0 Å². The summed E-state index contributed by atoms with van der Waals surface area (Å²) < 4.78 is 12.0. The minimum Gasteiger partial charge on any atom is -0.455 e. The number of hydrogen-bond donors (Lipinski definition) is 0. The summed E-state index contributed by atoms with van der Waals surface area (Å²) in [5.74, 6) is 1.97. The number of esters is 1. The van der Waals surface area contributed by atoms with Crippen molar-refractivity contribution in [2.75, 3.05) is 0 Å². The van der Waals surface area contributed by atoms with Gasteiger partial charge in [-0.15, -0.1) is 0 Å². The van der Waals surface area contributed by atoms with Crippen LogP contribution >= 0.6 is 15.9 Å². The molecule has 8 atom stereocenters. The fourth-order valence-electron chi connectivity index (χ4n) is 5.46. The molecule has 4 aliphatic rings. The van der Waals surface area contributed by atoms with Crippen LogP contribution in [0.4, 0.5) is 0 Å². The molecule has 3 nitrogen and oxygen atoms in total. The van der Waals surface area contributed by atoms with E-state index in [0.717, 1.165) is 12.8 Å². The molecule has 4 rings (SSSR count). The van der Waals surface area contributed by atoms with Crippen molar-refractivity contribution in [2.24, 2.45) is 23.7 Å². The van der Waals surface area contributed by atoms with E-state index in [1.54, 1.807) is 0 Å². The molecular weight excluding hydrogens is 308 g/mol. The van der Waals surface area contributed by atoms with Gasteiger partial charge in [0, 0.05) is 17.7 Å². The molecule has 1 saturated heterocycles. The number of hydrogen-bond acceptors (Lipinski definition) is 3. The summed E-state index contributed by atoms with van der Waals surface area (Å²) >= 11 is 3.83. The zero-order valence-electron chi connectivity index (χ0n) is 11.0. The maximum absolute atomic E-state index is 11.5. The van der Waals surface area contributed by atoms with Crippen molar-refractivity contribution in [3.05, 3.63) is 12.7 Å². The van der Waals surface area contributed by atoms with Crippen LogP contribution < -0.4 is 0 Å². The van der Waals surface area contributed by atoms with Crippen LogP contribution in [0.2, 0.25) is 0 Å². The van der Waals surface area contributed by atoms with Gasteiger partial charge >= 0.3 is 5.97 Å². The summed E-state index contributed by atoms with van der Waals surface area (Å²) in [6, 6.07) is 0. The van der Waals surface area contributed by atoms with E-state index >= 15 is 0 Å². The van der Waals surface area contributed by atoms with E-state index in [4.69, 9.17) is 9.47 Å². The first-order valence-corrected chi connectivity index (χ1v) is 8.11. The number of carbonyl (C=O) groups is 1. The maximum atomic E-state index is 11.5. The molecule has 0 radical (unpaired) electrons. The summed E-state index contributed by atoms with van der Waals surface area (Å²) in [7, 11) is 0. The molecule has 0 N–H and O–H groups in total. The van der Waals surface area contributed by atoms with Crippen LogP contribution in [-0.2, 0) is 14.3 Å². The van der Waals surface area contributed by atoms with Gasteiger partial charge in [-0.25, -0.2) is 0 Å². The average Bonchev–Trinajstić information content (AvgIpc) is 2.98. The van der Waals surface area contributed by atoms with Crippen molar-refractivity contribution in [3.63, 3.8) is 0 Å². The molecular formula is C15H19BrO3. The van der Waals surface area contributed by atoms with E-state index in [2.05, 4.69) is 22.5 Å². The Morgan fingerprint density at radius 2 is 2.32 bits per heavy atom. The number of rotatable bonds is 2. The summed E-state index contributed by atoms with van der Waals surface area (Å²) in [4.78, 5) is 11.9. The van der Waals surface area contributed by atoms with Gasteiger partial charge in [-0.3, -0.25) is 4.79 Å². The highest BCUT2D eigenvalue weighted by Crippen LogP contribution is 2.67. The Bertz CT molecular complexity index is 451. The minimum atomic E-state index is -0.461. The van der Waals surface area contributed by atoms with Gasteiger partial charge < -0.3 is 9.47 Å². The van der Waals surface area contributed by atoms with Gasteiger partial charge in [0.2, 0.25) is 0 Å². The molecule has 3 saturated carbocycles. The van der Waals surface area contributed by atoms with Crippen molar-refractivity contribution < 1.29 is 14.3 Å². The highest BCUT2D eigenvalue weighted by Gasteiger charge is 2.71. The predicted octanol–water partition coefficient (Wildman–Crippen LogP) is 2.68. The molecule has 0 spiro atoms. The highest BCUT2D eigenvalue weighted by atomic mass is 79.9. The number of alkyl halides is 1. The van der Waals surface area contributed by atoms with E-state index < -0.39 is 5.60 Å². The SMILES string of the molecule is C=C[C@]1(OC(C)=O)CC[C@@H]2O[C@@H]3[C@H](Br)[C@@H]4C[C@H]3[C@H]2[C@@H]41. The normalized spacial score (nSPS) is 57.3. The van der Waals surface area contributed by atoms with E-state index in [-0.39, 0.29) is 5.97 Å². The second kappa shape index (κ2) is 3.85. The number of carbonyl (C=O) groups excluding carboxylic acids is 1. The molecule has 2 bridgehead atoms. The third kappa shape index (κ3) is 1.40. The topological polar surface area (TPSA) is 35.5 Å². The van der Waals surface area contributed by atoms with Crippen molar-refractivity contribution in [2.45, 2.75) is 48.8 Å². The summed E-state index contributed by atoms with van der Waals surface area (Å²) in [5.41, 5.74) is -0.461. The lowest BCUT2D eigenvalue weighted by molar-refractivity contribution is -0.167. The Labute approximate surface area is 121 Å². The van der Waals surface area contributed by atoms with E-state index in [1.807, 2.05) is 6.08 Å². The summed E-state index contributed by atoms with van der Waals surface area (Å²) in [6.07, 6.45) is 5.70. The molecule has 1 heterocycles. The summed E-state index contributed by atoms with van der Waals surface area (Å²) in [6.45, 7) is 5.49. The maximum Gasteiger partial charge on any atom is 0.303 e. The molecule has 4 fully saturated rings. The zero-order valence-corrected chi connectivity index (χ0v) is 12.6. The van der Waals surface area contributed by atoms with Crippen LogP contribution in [0.5, 0.6) is 0 Å². The Kier molecular flexibility index (Phi) is 2.51. The Hall–Kier alpha value is -0.350. The molecule has 19 heavy (non-hydrogen) atoms. The van der Waals surface area contributed by atoms with Crippen molar-refractivity contribution in [1.29, 1.82) is 0 Å². The molecule has 0 aromatic heterocycles. The largest absolute Gasteiger partial charge is 0.455 e. The molecule has 104 valence electrons. The monoisotopic (exact) mass is 326 g/mol. The van der Waals surface area contributed by atoms with Gasteiger partial charge in [0.1, 0.15) is 5.60 Å². The second-order valence-electron chi connectivity index (χ2n) is 6.54. The lowest BCUT2D eigenvalue weighted by Gasteiger charge is -2.47. The van der Waals surface area contributed by atoms with Crippen molar-refractivity contribution in [3.8, 4) is 0 Å². The van der Waals surface area contributed by atoms with Crippen LogP contribution in [0.3, 0.4) is 0 Å². The standard InChI is InChI=1S/C15H19BrO3/c1-3-15(19-7(2)17)5-4-10-11-8-6-9(12(11)15)13(16)14(8)18-10/h3,8-14H,1,4-6H2,2H3/t8-,9+,10-,11+,12+,13+,14-,15-/m0/s1. The molecule has 3 aliphatic carbocycles. The van der Waals surface area contributed by atoms with Crippen LogP contribution in [-0.4, -0.2) is 28.6 Å². The van der Waals surface area contributed by atoms with Crippen LogP contribution in [0.25, 0.3) is 0 Å².